The number of halogens is 1. The fourth-order valence-corrected chi connectivity index (χ4v) is 8.84. The third kappa shape index (κ3) is 4.93. The summed E-state index contributed by atoms with van der Waals surface area (Å²) < 4.78 is 56.9. The smallest absolute Gasteiger partial charge is 0.240 e. The van der Waals surface area contributed by atoms with Gasteiger partial charge in [0.1, 0.15) is 5.52 Å². The Morgan fingerprint density at radius 1 is 0.917 bits per heavy atom. The minimum absolute atomic E-state index is 0.0443. The summed E-state index contributed by atoms with van der Waals surface area (Å²) >= 11 is 8.02. The van der Waals surface area contributed by atoms with E-state index in [1.807, 2.05) is 26.0 Å². The van der Waals surface area contributed by atoms with Gasteiger partial charge in [0.15, 0.2) is 0 Å². The molecule has 1 aromatic heterocycles. The topological polar surface area (TPSA) is 84.4 Å². The number of aryl methyl sites for hydroxylation is 2. The van der Waals surface area contributed by atoms with Crippen LogP contribution in [0.2, 0.25) is 5.02 Å². The summed E-state index contributed by atoms with van der Waals surface area (Å²) in [6.07, 6.45) is 5.33. The van der Waals surface area contributed by atoms with Gasteiger partial charge in [-0.15, -0.1) is 11.3 Å². The number of sulfonamides is 2. The van der Waals surface area contributed by atoms with E-state index in [-0.39, 0.29) is 20.5 Å². The molecule has 0 spiro atoms. The van der Waals surface area contributed by atoms with Crippen molar-refractivity contribution >= 4 is 65.0 Å². The van der Waals surface area contributed by atoms with Crippen molar-refractivity contribution in [1.29, 1.82) is 0 Å². The molecular weight excluding hydrogens is 536 g/mol. The molecule has 0 saturated heterocycles. The van der Waals surface area contributed by atoms with Gasteiger partial charge in [0.2, 0.25) is 0 Å². The lowest BCUT2D eigenvalue weighted by Crippen LogP contribution is -2.37. The molecule has 0 saturated carbocycles. The van der Waals surface area contributed by atoms with E-state index in [9.17, 15) is 16.8 Å². The predicted molar refractivity (Wildman–Crippen MR) is 148 cm³/mol. The number of hydrogen-bond donors (Lipinski definition) is 0. The Balaban J connectivity index is 1.95. The fraction of sp³-hybridized carbons (Fsp3) is 0.192. The van der Waals surface area contributed by atoms with Gasteiger partial charge in [-0.25, -0.2) is 21.8 Å². The van der Waals surface area contributed by atoms with E-state index >= 15 is 0 Å². The van der Waals surface area contributed by atoms with Crippen LogP contribution in [-0.4, -0.2) is 21.8 Å². The van der Waals surface area contributed by atoms with Crippen molar-refractivity contribution in [1.82, 2.24) is 4.98 Å². The number of rotatable bonds is 8. The molecule has 3 aromatic carbocycles. The highest BCUT2D eigenvalue weighted by Gasteiger charge is 2.38. The molecule has 0 unspecified atom stereocenters. The van der Waals surface area contributed by atoms with E-state index in [1.54, 1.807) is 37.3 Å². The first-order valence-electron chi connectivity index (χ1n) is 11.3. The number of anilines is 1. The first-order valence-corrected chi connectivity index (χ1v) is 15.3. The highest BCUT2D eigenvalue weighted by molar-refractivity contribution is 8.10. The summed E-state index contributed by atoms with van der Waals surface area (Å²) in [5, 5.41) is 0.685. The third-order valence-corrected chi connectivity index (χ3v) is 11.0. The van der Waals surface area contributed by atoms with Crippen LogP contribution in [0.15, 0.2) is 76.5 Å². The van der Waals surface area contributed by atoms with Crippen molar-refractivity contribution in [2.45, 2.75) is 43.4 Å². The average Bonchev–Trinajstić information content (AvgIpc) is 3.23. The van der Waals surface area contributed by atoms with Gasteiger partial charge in [0, 0.05) is 0 Å². The normalized spacial score (nSPS) is 12.4. The van der Waals surface area contributed by atoms with Crippen LogP contribution in [-0.2, 0) is 26.5 Å². The van der Waals surface area contributed by atoms with Crippen molar-refractivity contribution < 1.29 is 16.8 Å². The van der Waals surface area contributed by atoms with Crippen LogP contribution < -0.4 is 3.71 Å². The van der Waals surface area contributed by atoms with Crippen LogP contribution in [0.5, 0.6) is 0 Å². The second-order valence-corrected chi connectivity index (χ2v) is 13.6. The minimum Gasteiger partial charge on any atom is -0.240 e. The number of thiazole rings is 1. The molecule has 0 amide bonds. The Labute approximate surface area is 221 Å². The number of nitrogens with zero attached hydrogens (tertiary/aromatic N) is 2. The highest BCUT2D eigenvalue weighted by atomic mass is 35.5. The second-order valence-electron chi connectivity index (χ2n) is 8.15. The molecule has 0 fully saturated rings. The summed E-state index contributed by atoms with van der Waals surface area (Å²) in [6.45, 7) is 5.68. The molecule has 4 rings (SSSR count). The van der Waals surface area contributed by atoms with E-state index in [4.69, 9.17) is 11.6 Å². The number of hydrogen-bond acceptors (Lipinski definition) is 6. The van der Waals surface area contributed by atoms with Gasteiger partial charge in [-0.1, -0.05) is 61.4 Å². The largest absolute Gasteiger partial charge is 0.277 e. The van der Waals surface area contributed by atoms with Gasteiger partial charge in [-0.3, -0.25) is 0 Å². The van der Waals surface area contributed by atoms with E-state index in [0.717, 1.165) is 33.7 Å². The summed E-state index contributed by atoms with van der Waals surface area (Å²) in [5.74, 6) is 0. The maximum absolute atomic E-state index is 13.9. The highest BCUT2D eigenvalue weighted by Crippen LogP contribution is 2.40. The van der Waals surface area contributed by atoms with Gasteiger partial charge in [-0.2, -0.15) is 3.71 Å². The molecule has 0 aliphatic carbocycles. The Morgan fingerprint density at radius 2 is 1.50 bits per heavy atom. The monoisotopic (exact) mass is 560 g/mol. The summed E-state index contributed by atoms with van der Waals surface area (Å²) in [7, 11) is -9.16. The molecule has 36 heavy (non-hydrogen) atoms. The van der Waals surface area contributed by atoms with Gasteiger partial charge < -0.3 is 0 Å². The first-order chi connectivity index (χ1) is 17.1. The molecule has 10 heteroatoms. The maximum Gasteiger partial charge on any atom is 0.277 e. The number of benzene rings is 3. The van der Waals surface area contributed by atoms with Gasteiger partial charge >= 0.3 is 0 Å². The third-order valence-electron chi connectivity index (χ3n) is 5.52. The lowest BCUT2D eigenvalue weighted by molar-refractivity contribution is 0.584. The van der Waals surface area contributed by atoms with E-state index in [1.165, 1.54) is 41.7 Å². The quantitative estimate of drug-likeness (QED) is 0.236. The van der Waals surface area contributed by atoms with Crippen LogP contribution in [0.3, 0.4) is 0 Å². The van der Waals surface area contributed by atoms with E-state index in [2.05, 4.69) is 4.98 Å². The van der Waals surface area contributed by atoms with Crippen LogP contribution in [0.1, 0.15) is 36.4 Å². The van der Waals surface area contributed by atoms with Gasteiger partial charge in [-0.05, 0) is 67.8 Å². The zero-order valence-corrected chi connectivity index (χ0v) is 23.2. The molecule has 0 aliphatic heterocycles. The zero-order chi connectivity index (χ0) is 26.1. The van der Waals surface area contributed by atoms with Crippen molar-refractivity contribution in [3.05, 3.63) is 87.9 Å². The number of fused-ring (bicyclic) bond motifs is 1. The number of aromatic nitrogens is 1. The van der Waals surface area contributed by atoms with Crippen LogP contribution in [0.4, 0.5) is 5.69 Å². The Bertz CT molecular complexity index is 1640. The Morgan fingerprint density at radius 3 is 2.06 bits per heavy atom. The second kappa shape index (κ2) is 10.3. The lowest BCUT2D eigenvalue weighted by Gasteiger charge is -2.25. The molecule has 188 valence electrons. The van der Waals surface area contributed by atoms with Gasteiger partial charge in [0.05, 0.1) is 30.2 Å². The standard InChI is InChI=1S/C26H25ClN2O4S3/c1-4-6-19-8-12-21(13-9-19)35(30,31)29(23-16-17-24-26(25(23)27)28-18(3)34-24)36(32,33)22-14-10-20(7-5-2)11-15-22/h4,6,8-17H,5,7H2,1-3H3/b6-4+. The Kier molecular flexibility index (Phi) is 7.56. The van der Waals surface area contributed by atoms with Crippen molar-refractivity contribution in [3.63, 3.8) is 0 Å². The predicted octanol–water partition coefficient (Wildman–Crippen LogP) is 6.83. The molecule has 0 bridgehead atoms. The maximum atomic E-state index is 13.9. The number of allylic oxidation sites excluding steroid dienone is 1. The Hall–Kier alpha value is -2.72. The first kappa shape index (κ1) is 26.3. The van der Waals surface area contributed by atoms with Crippen molar-refractivity contribution in [3.8, 4) is 0 Å². The molecule has 0 N–H and O–H groups in total. The molecule has 6 nitrogen and oxygen atoms in total. The van der Waals surface area contributed by atoms with Crippen LogP contribution >= 0.6 is 22.9 Å². The molecule has 0 atom stereocenters. The summed E-state index contributed by atoms with van der Waals surface area (Å²) in [5.41, 5.74) is 1.93. The average molecular weight is 561 g/mol. The van der Waals surface area contributed by atoms with Crippen LogP contribution in [0.25, 0.3) is 16.3 Å². The van der Waals surface area contributed by atoms with E-state index < -0.39 is 20.0 Å². The van der Waals surface area contributed by atoms with Crippen LogP contribution in [0, 0.1) is 6.92 Å². The molecule has 0 aliphatic rings. The van der Waals surface area contributed by atoms with Crippen molar-refractivity contribution in [2.75, 3.05) is 3.71 Å². The van der Waals surface area contributed by atoms with Crippen molar-refractivity contribution in [2.24, 2.45) is 0 Å². The summed E-state index contributed by atoms with van der Waals surface area (Å²) in [4.78, 5) is 4.07. The SMILES string of the molecule is C/C=C/c1ccc(S(=O)(=O)N(c2ccc3sc(C)nc3c2Cl)S(=O)(=O)c2ccc(CCC)cc2)cc1. The molecule has 0 radical (unpaired) electrons. The molecule has 1 heterocycles. The zero-order valence-electron chi connectivity index (χ0n) is 20.0. The van der Waals surface area contributed by atoms with E-state index in [0.29, 0.717) is 9.23 Å². The van der Waals surface area contributed by atoms with Gasteiger partial charge in [0.25, 0.3) is 20.0 Å². The lowest BCUT2D eigenvalue weighted by atomic mass is 10.1. The molecular formula is C26H25ClN2O4S3. The summed E-state index contributed by atoms with van der Waals surface area (Å²) in [6, 6.07) is 15.3. The molecule has 4 aromatic rings. The minimum atomic E-state index is -4.58. The fourth-order valence-electron chi connectivity index (χ4n) is 3.84.